The summed E-state index contributed by atoms with van der Waals surface area (Å²) in [7, 11) is 0. The summed E-state index contributed by atoms with van der Waals surface area (Å²) in [4.78, 5) is 0. The van der Waals surface area contributed by atoms with Crippen molar-refractivity contribution >= 4 is 0 Å². The van der Waals surface area contributed by atoms with Crippen LogP contribution in [0.2, 0.25) is 0 Å². The molecule has 0 aromatic heterocycles. The van der Waals surface area contributed by atoms with Crippen LogP contribution in [0.3, 0.4) is 0 Å². The molecule has 1 rings (SSSR count). The van der Waals surface area contributed by atoms with Gasteiger partial charge in [-0.2, -0.15) is 0 Å². The van der Waals surface area contributed by atoms with Crippen molar-refractivity contribution < 1.29 is 0 Å². The van der Waals surface area contributed by atoms with E-state index in [0.29, 0.717) is 23.7 Å². The maximum Gasteiger partial charge on any atom is -0.00435 e. The normalized spacial score (nSPS) is 24.8. The Morgan fingerprint density at radius 1 is 0.958 bits per heavy atom. The van der Waals surface area contributed by atoms with Gasteiger partial charge >= 0.3 is 0 Å². The smallest absolute Gasteiger partial charge is 0.00435 e. The van der Waals surface area contributed by atoms with Crippen LogP contribution in [-0.2, 0) is 0 Å². The van der Waals surface area contributed by atoms with Crippen LogP contribution >= 0.6 is 0 Å². The van der Waals surface area contributed by atoms with Gasteiger partial charge in [-0.25, -0.2) is 0 Å². The lowest BCUT2D eigenvalue weighted by atomic mass is 9.45. The van der Waals surface area contributed by atoms with E-state index in [9.17, 15) is 0 Å². The summed E-state index contributed by atoms with van der Waals surface area (Å²) in [6.07, 6.45) is 9.82. The SMILES string of the molecule is C=C(C)C(C)C(C(C)C=C(C)C)(C(C)C=C(C)C)C1C=CC1(C)C. The first kappa shape index (κ1) is 21.0. The van der Waals surface area contributed by atoms with E-state index < -0.39 is 0 Å². The highest BCUT2D eigenvalue weighted by atomic mass is 14.6. The van der Waals surface area contributed by atoms with Gasteiger partial charge in [0, 0.05) is 0 Å². The third-order valence-corrected chi connectivity index (χ3v) is 6.29. The standard InChI is InChI=1S/C24H40/c1-16(2)14-19(7)24(21(9)18(5)6,20(8)15-17(3)4)22-12-13-23(22,10)11/h12-15,19-22H,5H2,1-4,6-11H3. The van der Waals surface area contributed by atoms with E-state index in [1.54, 1.807) is 0 Å². The predicted molar refractivity (Wildman–Crippen MR) is 110 cm³/mol. The largest absolute Gasteiger partial charge is 0.0998 e. The van der Waals surface area contributed by atoms with Crippen molar-refractivity contribution in [3.63, 3.8) is 0 Å². The number of hydrogen-bond acceptors (Lipinski definition) is 0. The minimum atomic E-state index is 0.151. The average Bonchev–Trinajstić information content (AvgIpc) is 2.40. The van der Waals surface area contributed by atoms with E-state index in [-0.39, 0.29) is 10.8 Å². The van der Waals surface area contributed by atoms with Crippen LogP contribution in [0.15, 0.2) is 47.6 Å². The first-order chi connectivity index (χ1) is 10.9. The van der Waals surface area contributed by atoms with E-state index in [2.05, 4.69) is 100 Å². The molecule has 0 saturated heterocycles. The Hall–Kier alpha value is -1.04. The minimum absolute atomic E-state index is 0.151. The molecule has 0 N–H and O–H groups in total. The fourth-order valence-electron chi connectivity index (χ4n) is 5.14. The van der Waals surface area contributed by atoms with Crippen LogP contribution in [0.4, 0.5) is 0 Å². The Bertz CT molecular complexity index is 521. The molecule has 0 fully saturated rings. The van der Waals surface area contributed by atoms with Crippen LogP contribution in [0, 0.1) is 34.5 Å². The van der Waals surface area contributed by atoms with E-state index in [4.69, 9.17) is 0 Å². The maximum absolute atomic E-state index is 4.37. The molecule has 0 aromatic rings. The van der Waals surface area contributed by atoms with Crippen LogP contribution in [-0.4, -0.2) is 0 Å². The molecule has 0 amide bonds. The van der Waals surface area contributed by atoms with Gasteiger partial charge < -0.3 is 0 Å². The van der Waals surface area contributed by atoms with Gasteiger partial charge in [-0.1, -0.05) is 82.2 Å². The highest BCUT2D eigenvalue weighted by molar-refractivity contribution is 5.28. The van der Waals surface area contributed by atoms with Crippen LogP contribution in [0.25, 0.3) is 0 Å². The molecular weight excluding hydrogens is 288 g/mol. The first-order valence-corrected chi connectivity index (χ1v) is 9.52. The highest BCUT2D eigenvalue weighted by Gasteiger charge is 2.55. The molecule has 0 saturated carbocycles. The molecule has 4 atom stereocenters. The Morgan fingerprint density at radius 2 is 1.38 bits per heavy atom. The lowest BCUT2D eigenvalue weighted by Gasteiger charge is -2.59. The Labute approximate surface area is 151 Å². The molecule has 0 heteroatoms. The molecular formula is C24H40. The maximum atomic E-state index is 4.37. The Kier molecular flexibility index (Phi) is 6.53. The molecule has 0 aliphatic heterocycles. The van der Waals surface area contributed by atoms with Crippen LogP contribution in [0.1, 0.15) is 69.2 Å². The minimum Gasteiger partial charge on any atom is -0.0998 e. The third-order valence-electron chi connectivity index (χ3n) is 6.29. The zero-order valence-electron chi connectivity index (χ0n) is 17.8. The molecule has 136 valence electrons. The van der Waals surface area contributed by atoms with E-state index >= 15 is 0 Å². The first-order valence-electron chi connectivity index (χ1n) is 9.52. The summed E-state index contributed by atoms with van der Waals surface area (Å²) in [6, 6.07) is 0. The molecule has 0 nitrogen and oxygen atoms in total. The van der Waals surface area contributed by atoms with Gasteiger partial charge in [0.2, 0.25) is 0 Å². The monoisotopic (exact) mass is 328 g/mol. The summed E-state index contributed by atoms with van der Waals surface area (Å²) in [6.45, 7) is 27.5. The van der Waals surface area contributed by atoms with Gasteiger partial charge in [-0.15, -0.1) is 0 Å². The van der Waals surface area contributed by atoms with Crippen molar-refractivity contribution in [1.29, 1.82) is 0 Å². The summed E-state index contributed by atoms with van der Waals surface area (Å²) in [5, 5.41) is 0. The third kappa shape index (κ3) is 3.79. The van der Waals surface area contributed by atoms with Gasteiger partial charge in [0.1, 0.15) is 0 Å². The Morgan fingerprint density at radius 3 is 1.58 bits per heavy atom. The van der Waals surface area contributed by atoms with Crippen molar-refractivity contribution in [2.24, 2.45) is 34.5 Å². The summed E-state index contributed by atoms with van der Waals surface area (Å²) in [5.74, 6) is 2.01. The molecule has 0 aromatic carbocycles. The van der Waals surface area contributed by atoms with Crippen molar-refractivity contribution in [3.8, 4) is 0 Å². The zero-order chi connectivity index (χ0) is 18.9. The fraction of sp³-hybridized carbons (Fsp3) is 0.667. The quantitative estimate of drug-likeness (QED) is 0.422. The highest BCUT2D eigenvalue weighted by Crippen LogP contribution is 2.61. The molecule has 0 bridgehead atoms. The zero-order valence-corrected chi connectivity index (χ0v) is 17.8. The van der Waals surface area contributed by atoms with Crippen LogP contribution in [0.5, 0.6) is 0 Å². The van der Waals surface area contributed by atoms with Crippen molar-refractivity contribution in [1.82, 2.24) is 0 Å². The number of allylic oxidation sites excluding steroid dienone is 7. The van der Waals surface area contributed by atoms with Gasteiger partial charge in [-0.05, 0) is 69.1 Å². The lowest BCUT2D eigenvalue weighted by Crippen LogP contribution is -2.53. The van der Waals surface area contributed by atoms with Crippen molar-refractivity contribution in [3.05, 3.63) is 47.6 Å². The summed E-state index contributed by atoms with van der Waals surface area (Å²) < 4.78 is 0. The molecule has 1 aliphatic rings. The van der Waals surface area contributed by atoms with Gasteiger partial charge in [-0.3, -0.25) is 0 Å². The number of rotatable bonds is 7. The van der Waals surface area contributed by atoms with E-state index in [1.165, 1.54) is 16.7 Å². The summed E-state index contributed by atoms with van der Waals surface area (Å²) >= 11 is 0. The molecule has 0 spiro atoms. The molecule has 0 heterocycles. The second-order valence-electron chi connectivity index (χ2n) is 9.29. The van der Waals surface area contributed by atoms with Gasteiger partial charge in [0.05, 0.1) is 0 Å². The molecule has 1 aliphatic carbocycles. The van der Waals surface area contributed by atoms with E-state index in [1.807, 2.05) is 0 Å². The lowest BCUT2D eigenvalue weighted by molar-refractivity contribution is -0.0223. The number of hydrogen-bond donors (Lipinski definition) is 0. The van der Waals surface area contributed by atoms with E-state index in [0.717, 1.165) is 0 Å². The fourth-order valence-corrected chi connectivity index (χ4v) is 5.14. The van der Waals surface area contributed by atoms with Crippen LogP contribution < -0.4 is 0 Å². The van der Waals surface area contributed by atoms with Gasteiger partial charge in [0.15, 0.2) is 0 Å². The van der Waals surface area contributed by atoms with Crippen molar-refractivity contribution in [2.45, 2.75) is 69.2 Å². The summed E-state index contributed by atoms with van der Waals surface area (Å²) in [5.41, 5.74) is 4.52. The Balaban J connectivity index is 3.66. The second kappa shape index (κ2) is 7.46. The molecule has 24 heavy (non-hydrogen) atoms. The average molecular weight is 329 g/mol. The predicted octanol–water partition coefficient (Wildman–Crippen LogP) is 7.60. The topological polar surface area (TPSA) is 0 Å². The van der Waals surface area contributed by atoms with Crippen molar-refractivity contribution in [2.75, 3.05) is 0 Å². The van der Waals surface area contributed by atoms with Gasteiger partial charge in [0.25, 0.3) is 0 Å². The molecule has 4 unspecified atom stereocenters. The second-order valence-corrected chi connectivity index (χ2v) is 9.29. The molecule has 0 radical (unpaired) electrons.